The zero-order valence-electron chi connectivity index (χ0n) is 16.6. The number of fused-ring (bicyclic) bond motifs is 1. The van der Waals surface area contributed by atoms with Crippen LogP contribution < -0.4 is 10.2 Å². The first-order chi connectivity index (χ1) is 14.2. The van der Waals surface area contributed by atoms with Crippen LogP contribution in [-0.2, 0) is 31.9 Å². The molecule has 1 unspecified atom stereocenters. The van der Waals surface area contributed by atoms with Gasteiger partial charge in [0.2, 0.25) is 5.95 Å². The quantitative estimate of drug-likeness (QED) is 0.550. The number of rotatable bonds is 5. The minimum absolute atomic E-state index is 0.0341. The van der Waals surface area contributed by atoms with Gasteiger partial charge in [-0.05, 0) is 25.7 Å². The molecule has 0 amide bonds. The summed E-state index contributed by atoms with van der Waals surface area (Å²) in [6, 6.07) is 0.310. The van der Waals surface area contributed by atoms with E-state index in [-0.39, 0.29) is 18.0 Å². The Morgan fingerprint density at radius 1 is 1.17 bits per heavy atom. The molecule has 4 heterocycles. The van der Waals surface area contributed by atoms with Gasteiger partial charge in [0.05, 0.1) is 19.0 Å². The predicted molar refractivity (Wildman–Crippen MR) is 110 cm³/mol. The lowest BCUT2D eigenvalue weighted by molar-refractivity contribution is -0.155. The fraction of sp³-hybridized carbons (Fsp3) is 0.750. The van der Waals surface area contributed by atoms with Crippen molar-refractivity contribution in [1.29, 1.82) is 0 Å². The molecule has 2 N–H and O–H groups in total. The van der Waals surface area contributed by atoms with Crippen molar-refractivity contribution >= 4 is 28.9 Å². The molecule has 29 heavy (non-hydrogen) atoms. The van der Waals surface area contributed by atoms with Gasteiger partial charge in [-0.25, -0.2) is 4.98 Å². The summed E-state index contributed by atoms with van der Waals surface area (Å²) >= 11 is -0.792. The first-order valence-corrected chi connectivity index (χ1v) is 12.1. The lowest BCUT2D eigenvalue weighted by Crippen LogP contribution is -2.54. The predicted octanol–water partition coefficient (Wildman–Crippen LogP) is 2.00. The molecule has 3 aliphatic heterocycles. The normalized spacial score (nSPS) is 25.7. The van der Waals surface area contributed by atoms with Crippen molar-refractivity contribution in [3.8, 4) is 0 Å². The van der Waals surface area contributed by atoms with E-state index in [9.17, 15) is 9.35 Å². The number of aromatic nitrogens is 2. The number of carbonyl (C=O) groups is 1. The van der Waals surface area contributed by atoms with Crippen molar-refractivity contribution in [2.24, 2.45) is 5.92 Å². The summed E-state index contributed by atoms with van der Waals surface area (Å²) in [6.07, 6.45) is 6.79. The van der Waals surface area contributed by atoms with E-state index in [1.807, 2.05) is 0 Å². The van der Waals surface area contributed by atoms with E-state index in [4.69, 9.17) is 19.4 Å². The zero-order valence-corrected chi connectivity index (χ0v) is 17.5. The summed E-state index contributed by atoms with van der Waals surface area (Å²) in [7, 11) is 0. The van der Waals surface area contributed by atoms with Crippen molar-refractivity contribution in [3.63, 3.8) is 0 Å². The summed E-state index contributed by atoms with van der Waals surface area (Å²) in [4.78, 5) is 24.7. The molecule has 3 fully saturated rings. The fourth-order valence-corrected chi connectivity index (χ4v) is 5.91. The Morgan fingerprint density at radius 3 is 2.69 bits per heavy atom. The summed E-state index contributed by atoms with van der Waals surface area (Å²) in [5.41, 5.74) is 0.946. The van der Waals surface area contributed by atoms with Gasteiger partial charge in [0.1, 0.15) is 11.8 Å². The first-order valence-electron chi connectivity index (χ1n) is 10.8. The topological polar surface area (TPSA) is 96.8 Å². The van der Waals surface area contributed by atoms with Gasteiger partial charge >= 0.3 is 5.97 Å². The van der Waals surface area contributed by atoms with E-state index in [0.717, 1.165) is 80.3 Å². The smallest absolute Gasteiger partial charge is 0.309 e. The third-order valence-electron chi connectivity index (χ3n) is 6.36. The van der Waals surface area contributed by atoms with Crippen LogP contribution in [0.15, 0.2) is 4.90 Å². The Bertz CT molecular complexity index is 761. The van der Waals surface area contributed by atoms with Gasteiger partial charge in [0.25, 0.3) is 4.90 Å². The van der Waals surface area contributed by atoms with Gasteiger partial charge in [-0.15, -0.1) is 0 Å². The van der Waals surface area contributed by atoms with Crippen LogP contribution in [0.5, 0.6) is 0 Å². The fourth-order valence-electron chi connectivity index (χ4n) is 4.57. The van der Waals surface area contributed by atoms with Crippen molar-refractivity contribution in [2.45, 2.75) is 62.0 Å². The summed E-state index contributed by atoms with van der Waals surface area (Å²) < 4.78 is 21.6. The van der Waals surface area contributed by atoms with E-state index in [1.54, 1.807) is 0 Å². The van der Waals surface area contributed by atoms with Crippen LogP contribution in [0.25, 0.3) is 0 Å². The van der Waals surface area contributed by atoms with Crippen molar-refractivity contribution < 1.29 is 18.8 Å². The molecule has 0 bridgehead atoms. The lowest BCUT2D eigenvalue weighted by atomic mass is 10.1. The number of nitrogens with one attached hydrogen (secondary N) is 1. The molecule has 0 aromatic carbocycles. The molecule has 0 radical (unpaired) electrons. The number of esters is 1. The highest BCUT2D eigenvalue weighted by Crippen LogP contribution is 2.34. The number of anilines is 2. The molecule has 8 nitrogen and oxygen atoms in total. The highest BCUT2D eigenvalue weighted by atomic mass is 32.2. The molecule has 5 rings (SSSR count). The Morgan fingerprint density at radius 2 is 1.93 bits per heavy atom. The number of nitrogens with zero attached hydrogens (tertiary/aromatic N) is 3. The van der Waals surface area contributed by atoms with Crippen LogP contribution in [-0.4, -0.2) is 64.7 Å². The van der Waals surface area contributed by atoms with Crippen LogP contribution in [0.1, 0.15) is 44.2 Å². The van der Waals surface area contributed by atoms with Crippen LogP contribution in [0.4, 0.5) is 11.8 Å². The Labute approximate surface area is 173 Å². The van der Waals surface area contributed by atoms with E-state index < -0.39 is 11.2 Å². The first kappa shape index (κ1) is 19.4. The monoisotopic (exact) mass is 421 g/mol. The van der Waals surface area contributed by atoms with E-state index in [1.165, 1.54) is 0 Å². The molecule has 1 aromatic rings. The van der Waals surface area contributed by atoms with Gasteiger partial charge in [-0.2, -0.15) is 9.54 Å². The van der Waals surface area contributed by atoms with Crippen LogP contribution >= 0.6 is 0 Å². The average molecular weight is 422 g/mol. The summed E-state index contributed by atoms with van der Waals surface area (Å²) in [5.74, 6) is 2.22. The van der Waals surface area contributed by atoms with Gasteiger partial charge in [0.15, 0.2) is 22.7 Å². The standard InChI is InChI=1S/C20H29N4O4S/c25-19(13-3-1-2-4-13)28-15-11-24(12-15)20-22-16-7-10-29(26)17(16)18(23-20)21-14-5-8-27-9-6-14/h13-15,26H,1-12H2,(H,21,22,23)/q+1. The number of hydrogen-bond acceptors (Lipinski definition) is 8. The van der Waals surface area contributed by atoms with Gasteiger partial charge in [-0.3, -0.25) is 4.79 Å². The molecule has 1 aromatic heterocycles. The molecule has 1 atom stereocenters. The van der Waals surface area contributed by atoms with Gasteiger partial charge < -0.3 is 19.7 Å². The maximum absolute atomic E-state index is 12.2. The highest BCUT2D eigenvalue weighted by Gasteiger charge is 2.41. The largest absolute Gasteiger partial charge is 0.458 e. The van der Waals surface area contributed by atoms with Crippen LogP contribution in [0, 0.1) is 5.92 Å². The Hall–Kier alpha value is -1.58. The van der Waals surface area contributed by atoms with Crippen molar-refractivity contribution in [2.75, 3.05) is 42.3 Å². The average Bonchev–Trinajstić information content (AvgIpc) is 3.35. The molecule has 1 saturated carbocycles. The molecule has 1 aliphatic carbocycles. The Kier molecular flexibility index (Phi) is 5.53. The highest BCUT2D eigenvalue weighted by molar-refractivity contribution is 7.92. The molecule has 0 spiro atoms. The molecular weight excluding hydrogens is 392 g/mol. The third-order valence-corrected chi connectivity index (χ3v) is 7.85. The second kappa shape index (κ2) is 8.28. The minimum atomic E-state index is -0.792. The number of ether oxygens (including phenoxy) is 2. The second-order valence-corrected chi connectivity index (χ2v) is 9.99. The van der Waals surface area contributed by atoms with Gasteiger partial charge in [0, 0.05) is 25.7 Å². The van der Waals surface area contributed by atoms with E-state index >= 15 is 0 Å². The second-order valence-electron chi connectivity index (χ2n) is 8.44. The number of aryl methyl sites for hydroxylation is 1. The maximum Gasteiger partial charge on any atom is 0.309 e. The minimum Gasteiger partial charge on any atom is -0.458 e. The van der Waals surface area contributed by atoms with Crippen molar-refractivity contribution in [1.82, 2.24) is 9.97 Å². The van der Waals surface area contributed by atoms with Gasteiger partial charge in [-0.1, -0.05) is 12.8 Å². The molecule has 4 aliphatic rings. The lowest BCUT2D eigenvalue weighted by Gasteiger charge is -2.39. The third kappa shape index (κ3) is 4.04. The SMILES string of the molecule is O=C(OC1CN(c2nc3c(c(NC4CCOCC4)n2)[S+](O)CC3)C1)C1CCCC1. The summed E-state index contributed by atoms with van der Waals surface area (Å²) in [5, 5.41) is 3.54. The summed E-state index contributed by atoms with van der Waals surface area (Å²) in [6.45, 7) is 2.78. The number of hydrogen-bond donors (Lipinski definition) is 2. The maximum atomic E-state index is 12.2. The molecule has 2 saturated heterocycles. The van der Waals surface area contributed by atoms with E-state index in [2.05, 4.69) is 10.2 Å². The molecule has 9 heteroatoms. The van der Waals surface area contributed by atoms with Crippen molar-refractivity contribution in [3.05, 3.63) is 5.69 Å². The molecular formula is C20H29N4O4S+. The molecule has 158 valence electrons. The zero-order chi connectivity index (χ0) is 19.8. The van der Waals surface area contributed by atoms with Crippen LogP contribution in [0.2, 0.25) is 0 Å². The Balaban J connectivity index is 1.26. The van der Waals surface area contributed by atoms with E-state index in [0.29, 0.717) is 25.1 Å². The number of carbonyl (C=O) groups excluding carboxylic acids is 1. The van der Waals surface area contributed by atoms with Crippen LogP contribution in [0.3, 0.4) is 0 Å².